The van der Waals surface area contributed by atoms with E-state index in [0.717, 1.165) is 10.5 Å². The van der Waals surface area contributed by atoms with Gasteiger partial charge in [-0.15, -0.1) is 0 Å². The van der Waals surface area contributed by atoms with Gasteiger partial charge in [0, 0.05) is 19.4 Å². The second-order valence-electron chi connectivity index (χ2n) is 4.22. The molecule has 0 fully saturated rings. The molecule has 0 amide bonds. The first kappa shape index (κ1) is 15.9. The average molecular weight is 336 g/mol. The van der Waals surface area contributed by atoms with E-state index >= 15 is 0 Å². The van der Waals surface area contributed by atoms with Crippen LogP contribution in [0.1, 0.15) is 12.4 Å². The molecular formula is C12H12ClF2N3O2S. The lowest BCUT2D eigenvalue weighted by atomic mass is 10.4. The van der Waals surface area contributed by atoms with Gasteiger partial charge in [-0.25, -0.2) is 13.4 Å². The monoisotopic (exact) mass is 335 g/mol. The Morgan fingerprint density at radius 3 is 2.67 bits per heavy atom. The predicted molar refractivity (Wildman–Crippen MR) is 73.6 cm³/mol. The van der Waals surface area contributed by atoms with Gasteiger partial charge >= 0.3 is 6.55 Å². The lowest BCUT2D eigenvalue weighted by Crippen LogP contribution is -2.28. The van der Waals surface area contributed by atoms with Gasteiger partial charge in [-0.2, -0.15) is 13.1 Å². The largest absolute Gasteiger partial charge is 0.319 e. The summed E-state index contributed by atoms with van der Waals surface area (Å²) in [7, 11) is -2.60. The minimum absolute atomic E-state index is 0.0527. The van der Waals surface area contributed by atoms with Gasteiger partial charge in [0.2, 0.25) is 10.0 Å². The van der Waals surface area contributed by atoms with Gasteiger partial charge in [0.25, 0.3) is 0 Å². The molecule has 0 bridgehead atoms. The number of aromatic nitrogens is 2. The third-order valence-corrected chi connectivity index (χ3v) is 5.15. The zero-order chi connectivity index (χ0) is 15.6. The summed E-state index contributed by atoms with van der Waals surface area (Å²) in [5, 5.41) is 0.0709. The molecule has 0 saturated heterocycles. The summed E-state index contributed by atoms with van der Waals surface area (Å²) in [6.45, 7) is -3.07. The van der Waals surface area contributed by atoms with Crippen LogP contribution in [-0.2, 0) is 16.6 Å². The van der Waals surface area contributed by atoms with Crippen LogP contribution in [0.2, 0.25) is 5.02 Å². The molecule has 21 heavy (non-hydrogen) atoms. The van der Waals surface area contributed by atoms with Crippen LogP contribution >= 0.6 is 11.6 Å². The van der Waals surface area contributed by atoms with Crippen LogP contribution in [0.4, 0.5) is 8.78 Å². The van der Waals surface area contributed by atoms with Crippen LogP contribution < -0.4 is 0 Å². The SMILES string of the molecule is CN(Cc1nccn1C(F)F)S(=O)(=O)c1ccccc1Cl. The lowest BCUT2D eigenvalue weighted by molar-refractivity contribution is 0.0658. The normalized spacial score (nSPS) is 12.3. The quantitative estimate of drug-likeness (QED) is 0.844. The van der Waals surface area contributed by atoms with Gasteiger partial charge in [0.15, 0.2) is 0 Å². The van der Waals surface area contributed by atoms with Crippen molar-refractivity contribution in [2.24, 2.45) is 0 Å². The third-order valence-electron chi connectivity index (χ3n) is 2.85. The topological polar surface area (TPSA) is 55.2 Å². The smallest absolute Gasteiger partial charge is 0.277 e. The minimum Gasteiger partial charge on any atom is -0.277 e. The Bertz CT molecular complexity index is 734. The molecule has 0 spiro atoms. The maximum Gasteiger partial charge on any atom is 0.319 e. The van der Waals surface area contributed by atoms with Crippen molar-refractivity contribution >= 4 is 21.6 Å². The van der Waals surface area contributed by atoms with Crippen LogP contribution in [0.15, 0.2) is 41.6 Å². The van der Waals surface area contributed by atoms with Crippen molar-refractivity contribution in [2.45, 2.75) is 18.0 Å². The van der Waals surface area contributed by atoms with Crippen molar-refractivity contribution in [3.63, 3.8) is 0 Å². The van der Waals surface area contributed by atoms with Crippen molar-refractivity contribution in [1.82, 2.24) is 13.9 Å². The molecular weight excluding hydrogens is 324 g/mol. The molecule has 1 heterocycles. The highest BCUT2D eigenvalue weighted by molar-refractivity contribution is 7.89. The fourth-order valence-corrected chi connectivity index (χ4v) is 3.36. The fourth-order valence-electron chi connectivity index (χ4n) is 1.75. The number of nitrogens with zero attached hydrogens (tertiary/aromatic N) is 3. The van der Waals surface area contributed by atoms with E-state index in [2.05, 4.69) is 4.98 Å². The first-order valence-electron chi connectivity index (χ1n) is 5.84. The zero-order valence-electron chi connectivity index (χ0n) is 10.9. The second kappa shape index (κ2) is 6.08. The number of benzene rings is 1. The molecule has 0 saturated carbocycles. The van der Waals surface area contributed by atoms with Gasteiger partial charge in [-0.1, -0.05) is 23.7 Å². The van der Waals surface area contributed by atoms with E-state index in [-0.39, 0.29) is 22.3 Å². The van der Waals surface area contributed by atoms with Crippen LogP contribution in [0.25, 0.3) is 0 Å². The van der Waals surface area contributed by atoms with Crippen molar-refractivity contribution in [2.75, 3.05) is 7.05 Å². The summed E-state index contributed by atoms with van der Waals surface area (Å²) in [6, 6.07) is 5.94. The second-order valence-corrected chi connectivity index (χ2v) is 6.64. The maximum absolute atomic E-state index is 12.7. The highest BCUT2D eigenvalue weighted by Crippen LogP contribution is 2.24. The van der Waals surface area contributed by atoms with E-state index in [9.17, 15) is 17.2 Å². The molecule has 114 valence electrons. The van der Waals surface area contributed by atoms with Crippen LogP contribution in [-0.4, -0.2) is 29.3 Å². The number of hydrogen-bond acceptors (Lipinski definition) is 3. The van der Waals surface area contributed by atoms with Crippen molar-refractivity contribution in [1.29, 1.82) is 0 Å². The molecule has 5 nitrogen and oxygen atoms in total. The fraction of sp³-hybridized carbons (Fsp3) is 0.250. The molecule has 9 heteroatoms. The number of alkyl halides is 2. The molecule has 0 aliphatic heterocycles. The molecule has 0 N–H and O–H groups in total. The third kappa shape index (κ3) is 3.22. The van der Waals surface area contributed by atoms with Crippen molar-refractivity contribution in [3.05, 3.63) is 47.5 Å². The Hall–Kier alpha value is -1.51. The van der Waals surface area contributed by atoms with E-state index in [0.29, 0.717) is 4.57 Å². The standard InChI is InChI=1S/C12H12ClF2N3O2S/c1-17(8-11-16-6-7-18(11)12(14)15)21(19,20)10-5-3-2-4-9(10)13/h2-7,12H,8H2,1H3. The van der Waals surface area contributed by atoms with Crippen molar-refractivity contribution in [3.8, 4) is 0 Å². The van der Waals surface area contributed by atoms with Gasteiger partial charge in [-0.3, -0.25) is 4.57 Å². The number of rotatable bonds is 5. The van der Waals surface area contributed by atoms with Gasteiger partial charge < -0.3 is 0 Å². The maximum atomic E-state index is 12.7. The highest BCUT2D eigenvalue weighted by Gasteiger charge is 2.25. The molecule has 2 aromatic rings. The van der Waals surface area contributed by atoms with Gasteiger partial charge in [0.1, 0.15) is 10.7 Å². The molecule has 0 unspecified atom stereocenters. The Kier molecular flexibility index (Phi) is 4.60. The average Bonchev–Trinajstić information content (AvgIpc) is 2.87. The highest BCUT2D eigenvalue weighted by atomic mass is 35.5. The van der Waals surface area contributed by atoms with E-state index in [4.69, 9.17) is 11.6 Å². The molecule has 1 aromatic carbocycles. The summed E-state index contributed by atoms with van der Waals surface area (Å²) < 4.78 is 51.7. The van der Waals surface area contributed by atoms with Crippen LogP contribution in [0.3, 0.4) is 0 Å². The zero-order valence-corrected chi connectivity index (χ0v) is 12.5. The summed E-state index contributed by atoms with van der Waals surface area (Å²) in [6.07, 6.45) is 2.29. The van der Waals surface area contributed by atoms with Crippen LogP contribution in [0.5, 0.6) is 0 Å². The molecule has 0 radical (unpaired) electrons. The number of sulfonamides is 1. The first-order valence-corrected chi connectivity index (χ1v) is 7.66. The summed E-state index contributed by atoms with van der Waals surface area (Å²) >= 11 is 5.87. The number of imidazole rings is 1. The van der Waals surface area contributed by atoms with Gasteiger partial charge in [-0.05, 0) is 12.1 Å². The molecule has 2 rings (SSSR count). The summed E-state index contributed by atoms with van der Waals surface area (Å²) in [4.78, 5) is 3.67. The number of halogens is 3. The van der Waals surface area contributed by atoms with E-state index in [1.165, 1.54) is 31.4 Å². The lowest BCUT2D eigenvalue weighted by Gasteiger charge is -2.18. The Balaban J connectivity index is 2.29. The number of hydrogen-bond donors (Lipinski definition) is 0. The van der Waals surface area contributed by atoms with Crippen molar-refractivity contribution < 1.29 is 17.2 Å². The van der Waals surface area contributed by atoms with E-state index < -0.39 is 16.6 Å². The molecule has 0 atom stereocenters. The van der Waals surface area contributed by atoms with Crippen LogP contribution in [0, 0.1) is 0 Å². The molecule has 0 aliphatic carbocycles. The Morgan fingerprint density at radius 2 is 2.05 bits per heavy atom. The predicted octanol–water partition coefficient (Wildman–Crippen LogP) is 2.75. The van der Waals surface area contributed by atoms with Gasteiger partial charge in [0.05, 0.1) is 11.6 Å². The Labute approximate surface area is 125 Å². The van der Waals surface area contributed by atoms with E-state index in [1.807, 2.05) is 0 Å². The molecule has 0 aliphatic rings. The first-order chi connectivity index (χ1) is 9.84. The summed E-state index contributed by atoms with van der Waals surface area (Å²) in [5.74, 6) is -0.0527. The minimum atomic E-state index is -3.89. The summed E-state index contributed by atoms with van der Waals surface area (Å²) in [5.41, 5.74) is 0. The van der Waals surface area contributed by atoms with E-state index in [1.54, 1.807) is 6.07 Å². The molecule has 1 aromatic heterocycles. The Morgan fingerprint density at radius 1 is 1.38 bits per heavy atom.